The van der Waals surface area contributed by atoms with Crippen molar-refractivity contribution < 1.29 is 19.4 Å². The van der Waals surface area contributed by atoms with Gasteiger partial charge in [0.05, 0.1) is 25.3 Å². The number of rotatable bonds is 6. The number of benzene rings is 2. The molecule has 8 heteroatoms. The second kappa shape index (κ2) is 9.55. The molecule has 0 saturated carbocycles. The van der Waals surface area contributed by atoms with Gasteiger partial charge < -0.3 is 25.4 Å². The van der Waals surface area contributed by atoms with Crippen LogP contribution in [-0.4, -0.2) is 60.9 Å². The number of aliphatic hydroxyl groups is 1. The van der Waals surface area contributed by atoms with E-state index in [1.54, 1.807) is 24.3 Å². The summed E-state index contributed by atoms with van der Waals surface area (Å²) in [7, 11) is 0. The lowest BCUT2D eigenvalue weighted by Gasteiger charge is -2.29. The molecule has 160 valence electrons. The van der Waals surface area contributed by atoms with Crippen LogP contribution < -0.4 is 15.5 Å². The number of nitrogens with one attached hydrogen (secondary N) is 2. The molecule has 0 unspecified atom stereocenters. The van der Waals surface area contributed by atoms with Crippen LogP contribution in [0.4, 0.5) is 11.4 Å². The van der Waals surface area contributed by atoms with E-state index in [0.717, 1.165) is 24.2 Å². The van der Waals surface area contributed by atoms with Crippen LogP contribution in [0.5, 0.6) is 0 Å². The Balaban J connectivity index is 1.38. The molecule has 2 amide bonds. The molecule has 0 aliphatic carbocycles. The third-order valence-corrected chi connectivity index (χ3v) is 5.15. The molecule has 0 radical (unpaired) electrons. The van der Waals surface area contributed by atoms with Gasteiger partial charge in [0.15, 0.2) is 0 Å². The molecule has 1 saturated heterocycles. The van der Waals surface area contributed by atoms with Gasteiger partial charge in [-0.3, -0.25) is 9.59 Å². The maximum Gasteiger partial charge on any atom is 0.270 e. The summed E-state index contributed by atoms with van der Waals surface area (Å²) in [5.74, 6) is -1.03. The van der Waals surface area contributed by atoms with E-state index in [1.165, 1.54) is 0 Å². The molecule has 3 aromatic rings. The Bertz CT molecular complexity index is 1060. The number of hydrogen-bond donors (Lipinski definition) is 3. The molecule has 1 atom stereocenters. The van der Waals surface area contributed by atoms with Gasteiger partial charge in [-0.15, -0.1) is 0 Å². The minimum absolute atomic E-state index is 0.180. The van der Waals surface area contributed by atoms with Crippen LogP contribution in [0, 0.1) is 0 Å². The summed E-state index contributed by atoms with van der Waals surface area (Å²) in [6.07, 6.45) is 0. The fraction of sp³-hybridized carbons (Fsp3) is 0.261. The normalized spacial score (nSPS) is 14.8. The molecular formula is C23H24N4O4. The van der Waals surface area contributed by atoms with Crippen LogP contribution in [0.2, 0.25) is 0 Å². The van der Waals surface area contributed by atoms with E-state index in [1.807, 2.05) is 36.4 Å². The third kappa shape index (κ3) is 4.99. The molecule has 1 fully saturated rings. The zero-order chi connectivity index (χ0) is 21.6. The van der Waals surface area contributed by atoms with Crippen molar-refractivity contribution in [1.29, 1.82) is 0 Å². The summed E-state index contributed by atoms with van der Waals surface area (Å²) >= 11 is 0. The average molecular weight is 420 g/mol. The molecule has 31 heavy (non-hydrogen) atoms. The predicted molar refractivity (Wildman–Crippen MR) is 118 cm³/mol. The molecule has 0 bridgehead atoms. The second-order valence-corrected chi connectivity index (χ2v) is 7.23. The van der Waals surface area contributed by atoms with E-state index >= 15 is 0 Å². The zero-order valence-corrected chi connectivity index (χ0v) is 17.0. The van der Waals surface area contributed by atoms with Crippen LogP contribution >= 0.6 is 0 Å². The summed E-state index contributed by atoms with van der Waals surface area (Å²) in [4.78, 5) is 31.7. The quantitative estimate of drug-likeness (QED) is 0.562. The highest BCUT2D eigenvalue weighted by Gasteiger charge is 2.22. The number of para-hydroxylation sites is 1. The summed E-state index contributed by atoms with van der Waals surface area (Å²) in [6, 6.07) is 17.2. The first-order chi connectivity index (χ1) is 15.1. The van der Waals surface area contributed by atoms with Crippen molar-refractivity contribution in [3.8, 4) is 0 Å². The number of hydrogen-bond acceptors (Lipinski definition) is 6. The van der Waals surface area contributed by atoms with Gasteiger partial charge in [-0.2, -0.15) is 0 Å². The highest BCUT2D eigenvalue weighted by Crippen LogP contribution is 2.19. The van der Waals surface area contributed by atoms with E-state index < -0.39 is 24.5 Å². The van der Waals surface area contributed by atoms with Crippen LogP contribution in [0.25, 0.3) is 10.9 Å². The first kappa shape index (κ1) is 20.8. The number of amides is 2. The topological polar surface area (TPSA) is 104 Å². The number of ether oxygens (including phenoxy) is 1. The SMILES string of the molecule is O=C(N[C@@H](CO)C(=O)Nc1ccc(N2CCOCC2)cc1)c1ccc2ccccc2n1. The number of fused-ring (bicyclic) bond motifs is 1. The number of pyridine rings is 1. The van der Waals surface area contributed by atoms with E-state index in [9.17, 15) is 14.7 Å². The molecule has 8 nitrogen and oxygen atoms in total. The van der Waals surface area contributed by atoms with E-state index in [4.69, 9.17) is 4.74 Å². The maximum atomic E-state index is 12.6. The molecule has 4 rings (SSSR count). The molecule has 3 N–H and O–H groups in total. The highest BCUT2D eigenvalue weighted by atomic mass is 16.5. The van der Waals surface area contributed by atoms with Gasteiger partial charge >= 0.3 is 0 Å². The molecule has 1 aromatic heterocycles. The smallest absolute Gasteiger partial charge is 0.270 e. The predicted octanol–water partition coefficient (Wildman–Crippen LogP) is 1.80. The Hall–Kier alpha value is -3.49. The van der Waals surface area contributed by atoms with Gasteiger partial charge in [0, 0.05) is 29.9 Å². The molecular weight excluding hydrogens is 396 g/mol. The zero-order valence-electron chi connectivity index (χ0n) is 17.0. The minimum Gasteiger partial charge on any atom is -0.394 e. The van der Waals surface area contributed by atoms with Gasteiger partial charge in [0.1, 0.15) is 11.7 Å². The number of morpholine rings is 1. The Labute approximate surface area is 179 Å². The molecule has 2 aromatic carbocycles. The largest absolute Gasteiger partial charge is 0.394 e. The third-order valence-electron chi connectivity index (χ3n) is 5.15. The summed E-state index contributed by atoms with van der Waals surface area (Å²) in [5.41, 5.74) is 2.49. The number of nitrogens with zero attached hydrogens (tertiary/aromatic N) is 2. The van der Waals surface area contributed by atoms with Crippen LogP contribution in [0.3, 0.4) is 0 Å². The Morgan fingerprint density at radius 3 is 2.52 bits per heavy atom. The molecule has 1 aliphatic heterocycles. The van der Waals surface area contributed by atoms with Crippen molar-refractivity contribution >= 4 is 34.1 Å². The van der Waals surface area contributed by atoms with E-state index in [-0.39, 0.29) is 5.69 Å². The van der Waals surface area contributed by atoms with Gasteiger partial charge in [-0.1, -0.05) is 24.3 Å². The van der Waals surface area contributed by atoms with Crippen molar-refractivity contribution in [1.82, 2.24) is 10.3 Å². The van der Waals surface area contributed by atoms with Crippen molar-refractivity contribution in [3.05, 3.63) is 66.4 Å². The fourth-order valence-corrected chi connectivity index (χ4v) is 3.43. The Morgan fingerprint density at radius 2 is 1.77 bits per heavy atom. The first-order valence-corrected chi connectivity index (χ1v) is 10.2. The van der Waals surface area contributed by atoms with Crippen molar-refractivity contribution in [2.45, 2.75) is 6.04 Å². The number of anilines is 2. The Morgan fingerprint density at radius 1 is 1.03 bits per heavy atom. The number of aliphatic hydroxyl groups excluding tert-OH is 1. The summed E-state index contributed by atoms with van der Waals surface area (Å²) < 4.78 is 5.36. The standard InChI is InChI=1S/C23H24N4O4/c28-15-21(26-22(29)20-10-5-16-3-1-2-4-19(16)25-20)23(30)24-17-6-8-18(9-7-17)27-11-13-31-14-12-27/h1-10,21,28H,11-15H2,(H,24,30)(H,26,29)/t21-/m0/s1. The highest BCUT2D eigenvalue weighted by molar-refractivity contribution is 6.01. The van der Waals surface area contributed by atoms with Crippen molar-refractivity contribution in [2.75, 3.05) is 43.1 Å². The van der Waals surface area contributed by atoms with E-state index in [0.29, 0.717) is 24.4 Å². The fourth-order valence-electron chi connectivity index (χ4n) is 3.43. The Kier molecular flexibility index (Phi) is 6.40. The van der Waals surface area contributed by atoms with Gasteiger partial charge in [0.25, 0.3) is 5.91 Å². The summed E-state index contributed by atoms with van der Waals surface area (Å²) in [5, 5.41) is 15.8. The van der Waals surface area contributed by atoms with Gasteiger partial charge in [0.2, 0.25) is 5.91 Å². The lowest BCUT2D eigenvalue weighted by molar-refractivity contribution is -0.118. The lowest BCUT2D eigenvalue weighted by atomic mass is 10.2. The van der Waals surface area contributed by atoms with E-state index in [2.05, 4.69) is 20.5 Å². The van der Waals surface area contributed by atoms with Crippen LogP contribution in [0.1, 0.15) is 10.5 Å². The van der Waals surface area contributed by atoms with Crippen LogP contribution in [-0.2, 0) is 9.53 Å². The van der Waals surface area contributed by atoms with Gasteiger partial charge in [-0.25, -0.2) is 4.98 Å². The minimum atomic E-state index is -1.10. The molecule has 0 spiro atoms. The maximum absolute atomic E-state index is 12.6. The number of carbonyl (C=O) groups is 2. The van der Waals surface area contributed by atoms with Crippen molar-refractivity contribution in [3.63, 3.8) is 0 Å². The molecule has 2 heterocycles. The number of aromatic nitrogens is 1. The summed E-state index contributed by atoms with van der Waals surface area (Å²) in [6.45, 7) is 2.52. The molecule has 1 aliphatic rings. The second-order valence-electron chi connectivity index (χ2n) is 7.23. The lowest BCUT2D eigenvalue weighted by Crippen LogP contribution is -2.46. The number of carbonyl (C=O) groups excluding carboxylic acids is 2. The van der Waals surface area contributed by atoms with Gasteiger partial charge in [-0.05, 0) is 36.4 Å². The monoisotopic (exact) mass is 420 g/mol. The average Bonchev–Trinajstić information content (AvgIpc) is 2.83. The van der Waals surface area contributed by atoms with Crippen molar-refractivity contribution in [2.24, 2.45) is 0 Å². The first-order valence-electron chi connectivity index (χ1n) is 10.2. The van der Waals surface area contributed by atoms with Crippen LogP contribution in [0.15, 0.2) is 60.7 Å².